The van der Waals surface area contributed by atoms with Crippen LogP contribution in [0, 0.1) is 18.8 Å². The first kappa shape index (κ1) is 20.0. The van der Waals surface area contributed by atoms with E-state index in [-0.39, 0.29) is 18.2 Å². The zero-order valence-corrected chi connectivity index (χ0v) is 16.1. The average Bonchev–Trinajstić information content (AvgIpc) is 3.15. The van der Waals surface area contributed by atoms with E-state index in [0.29, 0.717) is 33.3 Å². The van der Waals surface area contributed by atoms with Crippen molar-refractivity contribution in [2.75, 3.05) is 6.61 Å². The lowest BCUT2D eigenvalue weighted by molar-refractivity contribution is 0.0517. The van der Waals surface area contributed by atoms with Gasteiger partial charge in [0.2, 0.25) is 5.89 Å². The minimum absolute atomic E-state index is 0.0769. The summed E-state index contributed by atoms with van der Waals surface area (Å²) in [5, 5.41) is 10.7. The largest absolute Gasteiger partial charge is 0.461 e. The molecule has 0 spiro atoms. The highest BCUT2D eigenvalue weighted by Crippen LogP contribution is 2.16. The molecule has 0 radical (unpaired) electrons. The highest BCUT2D eigenvalue weighted by molar-refractivity contribution is 5.88. The van der Waals surface area contributed by atoms with Crippen LogP contribution >= 0.6 is 0 Å². The first-order chi connectivity index (χ1) is 13.9. The molecule has 0 aliphatic rings. The quantitative estimate of drug-likeness (QED) is 0.534. The average molecular weight is 389 g/mol. The number of esters is 1. The van der Waals surface area contributed by atoms with Gasteiger partial charge in [0.05, 0.1) is 18.2 Å². The van der Waals surface area contributed by atoms with Gasteiger partial charge < -0.3 is 14.3 Å². The van der Waals surface area contributed by atoms with E-state index in [4.69, 9.17) is 9.15 Å². The molecule has 1 N–H and O–H groups in total. The second-order valence-corrected chi connectivity index (χ2v) is 6.10. The molecular formula is C22H19N3O4. The van der Waals surface area contributed by atoms with Crippen LogP contribution in [0.2, 0.25) is 0 Å². The van der Waals surface area contributed by atoms with Gasteiger partial charge in [-0.2, -0.15) is 0 Å². The number of aryl methyl sites for hydroxylation is 1. The van der Waals surface area contributed by atoms with Crippen LogP contribution in [0.1, 0.15) is 40.7 Å². The van der Waals surface area contributed by atoms with Crippen molar-refractivity contribution in [2.45, 2.75) is 20.0 Å². The van der Waals surface area contributed by atoms with Gasteiger partial charge in [-0.25, -0.2) is 19.7 Å². The van der Waals surface area contributed by atoms with Gasteiger partial charge in [-0.3, -0.25) is 0 Å². The third-order valence-electron chi connectivity index (χ3n) is 3.91. The zero-order valence-electron chi connectivity index (χ0n) is 16.1. The fourth-order valence-electron chi connectivity index (χ4n) is 2.48. The number of oxazole rings is 1. The van der Waals surface area contributed by atoms with Gasteiger partial charge in [0.15, 0.2) is 17.6 Å². The molecule has 1 atom stereocenters. The number of ether oxygens (including phenoxy) is 1. The maximum Gasteiger partial charge on any atom is 0.357 e. The summed E-state index contributed by atoms with van der Waals surface area (Å²) in [7, 11) is 0. The molecule has 0 fully saturated rings. The number of hydrogen-bond donors (Lipinski definition) is 1. The lowest BCUT2D eigenvalue weighted by Crippen LogP contribution is -2.34. The molecule has 1 unspecified atom stereocenters. The number of aromatic nitrogens is 3. The number of carbonyl (C=O) groups is 1. The van der Waals surface area contributed by atoms with E-state index in [1.165, 1.54) is 6.20 Å². The van der Waals surface area contributed by atoms with Gasteiger partial charge >= 0.3 is 5.97 Å². The third kappa shape index (κ3) is 4.57. The molecule has 0 aliphatic heterocycles. The standard InChI is InChI=1S/C22H19N3O4/c1-5-28-22(27)19-14(3)15(4)24-20(25-19)17-8-6-7-16(11-17)9-10-18(26)21-23-12-13(2)29-21/h6-8,11-12,18,26H,3-5H2,1-2H3. The molecule has 0 saturated heterocycles. The summed E-state index contributed by atoms with van der Waals surface area (Å²) in [6, 6.07) is 7.07. The summed E-state index contributed by atoms with van der Waals surface area (Å²) in [6.07, 6.45) is 0.373. The molecule has 2 aromatic heterocycles. The van der Waals surface area contributed by atoms with Crippen LogP contribution in [-0.4, -0.2) is 32.6 Å². The van der Waals surface area contributed by atoms with Crippen molar-refractivity contribution in [3.05, 3.63) is 63.9 Å². The maximum absolute atomic E-state index is 12.1. The summed E-state index contributed by atoms with van der Waals surface area (Å²) in [6.45, 7) is 11.3. The van der Waals surface area contributed by atoms with Gasteiger partial charge in [0.1, 0.15) is 5.76 Å². The van der Waals surface area contributed by atoms with E-state index >= 15 is 0 Å². The molecule has 0 amide bonds. The Morgan fingerprint density at radius 1 is 1.34 bits per heavy atom. The van der Waals surface area contributed by atoms with E-state index < -0.39 is 12.1 Å². The van der Waals surface area contributed by atoms with Crippen molar-refractivity contribution in [2.24, 2.45) is 0 Å². The maximum atomic E-state index is 12.1. The Morgan fingerprint density at radius 2 is 2.14 bits per heavy atom. The van der Waals surface area contributed by atoms with Gasteiger partial charge in [-0.15, -0.1) is 0 Å². The Kier molecular flexibility index (Phi) is 5.86. The van der Waals surface area contributed by atoms with Gasteiger partial charge in [0.25, 0.3) is 0 Å². The molecule has 2 heterocycles. The van der Waals surface area contributed by atoms with Crippen LogP contribution in [0.25, 0.3) is 24.5 Å². The Hall–Kier alpha value is -3.76. The fraction of sp³-hybridized carbons (Fsp3) is 0.182. The number of aliphatic hydroxyl groups is 1. The molecule has 0 saturated carbocycles. The highest BCUT2D eigenvalue weighted by atomic mass is 16.5. The highest BCUT2D eigenvalue weighted by Gasteiger charge is 2.14. The molecule has 29 heavy (non-hydrogen) atoms. The Bertz CT molecular complexity index is 1220. The molecule has 0 aliphatic carbocycles. The molecule has 7 heteroatoms. The lowest BCUT2D eigenvalue weighted by atomic mass is 10.1. The van der Waals surface area contributed by atoms with Gasteiger partial charge in [0, 0.05) is 16.3 Å². The smallest absolute Gasteiger partial charge is 0.357 e. The second-order valence-electron chi connectivity index (χ2n) is 6.10. The summed E-state index contributed by atoms with van der Waals surface area (Å²) >= 11 is 0. The van der Waals surface area contributed by atoms with Crippen LogP contribution in [-0.2, 0) is 4.74 Å². The number of aliphatic hydroxyl groups excluding tert-OH is 1. The number of nitrogens with zero attached hydrogens (tertiary/aromatic N) is 3. The van der Waals surface area contributed by atoms with Crippen molar-refractivity contribution in [1.82, 2.24) is 15.0 Å². The van der Waals surface area contributed by atoms with Crippen molar-refractivity contribution in [3.8, 4) is 23.2 Å². The first-order valence-corrected chi connectivity index (χ1v) is 8.84. The Morgan fingerprint density at radius 3 is 2.83 bits per heavy atom. The van der Waals surface area contributed by atoms with E-state index in [1.54, 1.807) is 38.1 Å². The van der Waals surface area contributed by atoms with Crippen molar-refractivity contribution >= 4 is 19.1 Å². The number of carbonyl (C=O) groups excluding carboxylic acids is 1. The predicted octanol–water partition coefficient (Wildman–Crippen LogP) is 1.52. The minimum Gasteiger partial charge on any atom is -0.461 e. The molecule has 146 valence electrons. The van der Waals surface area contributed by atoms with Crippen molar-refractivity contribution in [1.29, 1.82) is 0 Å². The van der Waals surface area contributed by atoms with Crippen molar-refractivity contribution < 1.29 is 19.1 Å². The van der Waals surface area contributed by atoms with Crippen LogP contribution in [0.3, 0.4) is 0 Å². The van der Waals surface area contributed by atoms with E-state index in [0.717, 1.165) is 0 Å². The van der Waals surface area contributed by atoms with E-state index in [2.05, 4.69) is 40.0 Å². The normalized spacial score (nSPS) is 11.4. The molecule has 3 aromatic rings. The monoisotopic (exact) mass is 389 g/mol. The first-order valence-electron chi connectivity index (χ1n) is 8.84. The summed E-state index contributed by atoms with van der Waals surface area (Å²) in [5.74, 6) is 6.02. The fourth-order valence-corrected chi connectivity index (χ4v) is 2.48. The molecule has 1 aromatic carbocycles. The summed E-state index contributed by atoms with van der Waals surface area (Å²) in [4.78, 5) is 24.7. The van der Waals surface area contributed by atoms with Gasteiger partial charge in [-0.1, -0.05) is 37.1 Å². The van der Waals surface area contributed by atoms with Crippen LogP contribution < -0.4 is 10.6 Å². The third-order valence-corrected chi connectivity index (χ3v) is 3.91. The predicted molar refractivity (Wildman–Crippen MR) is 107 cm³/mol. The molecule has 7 nitrogen and oxygen atoms in total. The van der Waals surface area contributed by atoms with E-state index in [1.807, 2.05) is 0 Å². The Balaban J connectivity index is 1.94. The number of rotatable bonds is 4. The van der Waals surface area contributed by atoms with Crippen LogP contribution in [0.15, 0.2) is 34.9 Å². The SMILES string of the molecule is C=c1nc(-c2cccc(C#CC(O)c3ncc(C)o3)c2)nc(C(=O)OCC)c1=C. The second kappa shape index (κ2) is 8.50. The molecule has 3 rings (SSSR count). The zero-order chi connectivity index (χ0) is 21.0. The summed E-state index contributed by atoms with van der Waals surface area (Å²) < 4.78 is 10.3. The molecular weight excluding hydrogens is 370 g/mol. The van der Waals surface area contributed by atoms with E-state index in [9.17, 15) is 9.90 Å². The topological polar surface area (TPSA) is 98.3 Å². The molecule has 0 bridgehead atoms. The number of hydrogen-bond acceptors (Lipinski definition) is 7. The minimum atomic E-state index is -1.14. The lowest BCUT2D eigenvalue weighted by Gasteiger charge is -2.06. The number of benzene rings is 1. The van der Waals surface area contributed by atoms with Crippen LogP contribution in [0.4, 0.5) is 0 Å². The summed E-state index contributed by atoms with van der Waals surface area (Å²) in [5.41, 5.74) is 1.33. The van der Waals surface area contributed by atoms with Gasteiger partial charge in [-0.05, 0) is 26.0 Å². The Labute approximate surface area is 167 Å². The van der Waals surface area contributed by atoms with Crippen molar-refractivity contribution in [3.63, 3.8) is 0 Å². The van der Waals surface area contributed by atoms with Crippen LogP contribution in [0.5, 0.6) is 0 Å².